The lowest BCUT2D eigenvalue weighted by atomic mass is 9.85. The van der Waals surface area contributed by atoms with Crippen molar-refractivity contribution in [1.82, 2.24) is 52.7 Å². The van der Waals surface area contributed by atoms with E-state index in [0.29, 0.717) is 0 Å². The van der Waals surface area contributed by atoms with Gasteiger partial charge in [-0.15, -0.1) is 0 Å². The van der Waals surface area contributed by atoms with Gasteiger partial charge in [0.05, 0.1) is 33.5 Å². The minimum atomic E-state index is 0.102. The summed E-state index contributed by atoms with van der Waals surface area (Å²) in [6.45, 7) is 46.7. The number of benzene rings is 3. The number of hydrogen-bond donors (Lipinski definition) is 2. The Kier molecular flexibility index (Phi) is 21.5. The van der Waals surface area contributed by atoms with Gasteiger partial charge in [0, 0.05) is 180 Å². The van der Waals surface area contributed by atoms with Gasteiger partial charge in [0.25, 0.3) is 0 Å². The Morgan fingerprint density at radius 1 is 0.312 bits per heavy atom. The number of aryl methyl sites for hydroxylation is 5. The summed E-state index contributed by atoms with van der Waals surface area (Å²) in [6.07, 6.45) is 24.3. The zero-order chi connectivity index (χ0) is 70.7. The van der Waals surface area contributed by atoms with Crippen LogP contribution in [-0.2, 0) is 73.1 Å². The van der Waals surface area contributed by atoms with E-state index in [1.807, 2.05) is 55.4 Å². The first-order chi connectivity index (χ1) is 44.7. The minimum Gasteiger partial charge on any atom is -0.361 e. The zero-order valence-corrected chi connectivity index (χ0v) is 62.9. The van der Waals surface area contributed by atoms with Gasteiger partial charge in [0.2, 0.25) is 0 Å². The highest BCUT2D eigenvalue weighted by Gasteiger charge is 2.24. The molecule has 11 aromatic heterocycles. The Bertz CT molecular complexity index is 4550. The predicted octanol–water partition coefficient (Wildman–Crippen LogP) is 21.9. The Balaban J connectivity index is 0.000000143. The van der Waals surface area contributed by atoms with Gasteiger partial charge in [-0.3, -0.25) is 19.9 Å². The topological polar surface area (TPSA) is 108 Å². The van der Waals surface area contributed by atoms with Gasteiger partial charge in [-0.1, -0.05) is 194 Å². The fraction of sp³-hybridized carbons (Fsp3) is 0.388. The summed E-state index contributed by atoms with van der Waals surface area (Å²) in [5.74, 6) is 0. The third kappa shape index (κ3) is 17.0. The van der Waals surface area contributed by atoms with Crippen molar-refractivity contribution in [1.29, 1.82) is 0 Å². The van der Waals surface area contributed by atoms with E-state index in [4.69, 9.17) is 0 Å². The summed E-state index contributed by atoms with van der Waals surface area (Å²) in [4.78, 5) is 24.0. The number of nitrogens with zero attached hydrogens (tertiary/aromatic N) is 9. The lowest BCUT2D eigenvalue weighted by Crippen LogP contribution is -2.13. The van der Waals surface area contributed by atoms with Crippen molar-refractivity contribution in [2.75, 3.05) is 0 Å². The lowest BCUT2D eigenvalue weighted by molar-refractivity contribution is 0.574. The first kappa shape index (κ1) is 72.9. The Morgan fingerprint density at radius 2 is 0.760 bits per heavy atom. The number of rotatable bonds is 0. The SMILES string of the molecule is CC(C)(C)c1c[nH]c2ccncc12.CC(C)(C)c1nccc2cc[nH]c12.Cn1cc(C(C)(C)C)c2ccccc21.Cn1cc(C(C)(C)C)c2ccccc21.Cn1cc(C(C)(C)C)c2ncccc21.Cn1ccc2c(C(C)(C)C)cccc21.Cn1ccc2c(C(C)(C)C)nccc21. The van der Waals surface area contributed by atoms with Crippen LogP contribution < -0.4 is 0 Å². The van der Waals surface area contributed by atoms with Gasteiger partial charge >= 0.3 is 0 Å². The van der Waals surface area contributed by atoms with Crippen molar-refractivity contribution < 1.29 is 0 Å². The van der Waals surface area contributed by atoms with Crippen LogP contribution in [0.4, 0.5) is 0 Å². The van der Waals surface area contributed by atoms with Crippen LogP contribution in [0, 0.1) is 0 Å². The van der Waals surface area contributed by atoms with Crippen molar-refractivity contribution in [2.45, 2.75) is 183 Å². The van der Waals surface area contributed by atoms with E-state index >= 15 is 0 Å². The van der Waals surface area contributed by atoms with Crippen LogP contribution in [0.15, 0.2) is 190 Å². The molecule has 0 radical (unpaired) electrons. The van der Waals surface area contributed by atoms with E-state index in [2.05, 4.69) is 368 Å². The number of nitrogens with one attached hydrogen (secondary N) is 2. The fourth-order valence-electron chi connectivity index (χ4n) is 12.5. The van der Waals surface area contributed by atoms with Crippen molar-refractivity contribution in [3.8, 4) is 0 Å². The molecule has 11 heterocycles. The second kappa shape index (κ2) is 28.4. The normalized spacial score (nSPS) is 12.3. The average Bonchev–Trinajstić information content (AvgIpc) is 1.73. The standard InChI is InChI=1S/3C13H17N.2C12H16N2.2C11H14N2/c1-13(2,3)11-6-5-7-12-10(11)8-9-14(12)4;2*1-13(2,3)11-9-14(4)12-8-6-5-7-10(11)12;1-12(2,3)11-9-6-8-14(4)10(9)5-7-13-11;1-12(2,3)9-8-14(4)10-6-5-7-13-11(9)10;1-11(2,3)10-9-8(4-6-12-9)5-7-13-10;1-11(2,3)9-7-13-10-4-5-12-6-8(9)10/h3*5-9H,1-4H3;2*5-8H,1-4H3;4-7,12H,1-3H3;4-7,13H,1-3H3. The molecule has 0 atom stereocenters. The lowest BCUT2D eigenvalue weighted by Gasteiger charge is -2.20. The molecule has 3 aromatic carbocycles. The number of H-pyrrole nitrogens is 2. The molecule has 0 bridgehead atoms. The largest absolute Gasteiger partial charge is 0.361 e. The molecule has 2 N–H and O–H groups in total. The second-order valence-corrected chi connectivity index (χ2v) is 33.0. The van der Waals surface area contributed by atoms with Gasteiger partial charge in [0.15, 0.2) is 0 Å². The third-order valence-corrected chi connectivity index (χ3v) is 17.7. The second-order valence-electron chi connectivity index (χ2n) is 33.0. The van der Waals surface area contributed by atoms with Gasteiger partial charge in [-0.25, -0.2) is 0 Å². The summed E-state index contributed by atoms with van der Waals surface area (Å²) >= 11 is 0. The molecule has 0 aliphatic carbocycles. The van der Waals surface area contributed by atoms with E-state index in [1.54, 1.807) is 0 Å². The fourth-order valence-corrected chi connectivity index (χ4v) is 12.5. The smallest absolute Gasteiger partial charge is 0.0918 e. The predicted molar refractivity (Wildman–Crippen MR) is 413 cm³/mol. The summed E-state index contributed by atoms with van der Waals surface area (Å²) in [5, 5.41) is 7.87. The summed E-state index contributed by atoms with van der Waals surface area (Å²) < 4.78 is 10.9. The zero-order valence-electron chi connectivity index (χ0n) is 62.9. The Morgan fingerprint density at radius 3 is 1.30 bits per heavy atom. The van der Waals surface area contributed by atoms with Crippen LogP contribution in [0.5, 0.6) is 0 Å². The maximum atomic E-state index is 4.48. The summed E-state index contributed by atoms with van der Waals surface area (Å²) in [6, 6.07) is 40.3. The molecule has 11 heteroatoms. The molecule has 0 aliphatic heterocycles. The highest BCUT2D eigenvalue weighted by atomic mass is 15.0. The van der Waals surface area contributed by atoms with E-state index in [1.165, 1.54) is 98.9 Å². The molecular weight excluding hydrogens is 1180 g/mol. The monoisotopic (exact) mass is 1290 g/mol. The molecule has 14 rings (SSSR count). The average molecular weight is 1290 g/mol. The first-order valence-electron chi connectivity index (χ1n) is 34.0. The van der Waals surface area contributed by atoms with Crippen molar-refractivity contribution in [3.63, 3.8) is 0 Å². The van der Waals surface area contributed by atoms with Gasteiger partial charge in [-0.2, -0.15) is 0 Å². The Hall–Kier alpha value is -8.96. The molecule has 0 saturated carbocycles. The van der Waals surface area contributed by atoms with Gasteiger partial charge < -0.3 is 32.8 Å². The Labute approximate surface area is 573 Å². The molecule has 0 saturated heterocycles. The molecule has 0 aliphatic rings. The molecule has 0 fully saturated rings. The van der Waals surface area contributed by atoms with Gasteiger partial charge in [0.1, 0.15) is 0 Å². The van der Waals surface area contributed by atoms with E-state index in [-0.39, 0.29) is 37.9 Å². The number of aromatic amines is 2. The summed E-state index contributed by atoms with van der Waals surface area (Å²) in [7, 11) is 10.4. The maximum Gasteiger partial charge on any atom is 0.0918 e. The molecule has 14 aromatic rings. The number of para-hydroxylation sites is 2. The van der Waals surface area contributed by atoms with Crippen LogP contribution in [0.1, 0.15) is 185 Å². The number of aromatic nitrogens is 11. The van der Waals surface area contributed by atoms with E-state index in [0.717, 1.165) is 16.7 Å². The molecule has 96 heavy (non-hydrogen) atoms. The number of fused-ring (bicyclic) bond motifs is 7. The van der Waals surface area contributed by atoms with Crippen molar-refractivity contribution in [2.24, 2.45) is 35.2 Å². The first-order valence-corrected chi connectivity index (χ1v) is 34.0. The highest BCUT2D eigenvalue weighted by Crippen LogP contribution is 2.36. The van der Waals surface area contributed by atoms with Crippen LogP contribution in [-0.4, -0.2) is 52.7 Å². The quantitative estimate of drug-likeness (QED) is 0.158. The van der Waals surface area contributed by atoms with Gasteiger partial charge in [-0.05, 0) is 116 Å². The van der Waals surface area contributed by atoms with Crippen LogP contribution in [0.25, 0.3) is 76.5 Å². The maximum absolute atomic E-state index is 4.48. The number of hydrogen-bond acceptors (Lipinski definition) is 4. The molecule has 11 nitrogen and oxygen atoms in total. The van der Waals surface area contributed by atoms with Crippen molar-refractivity contribution >= 4 is 76.5 Å². The van der Waals surface area contributed by atoms with Crippen LogP contribution >= 0.6 is 0 Å². The molecule has 506 valence electrons. The molecule has 0 unspecified atom stereocenters. The third-order valence-electron chi connectivity index (χ3n) is 17.7. The highest BCUT2D eigenvalue weighted by molar-refractivity contribution is 5.88. The van der Waals surface area contributed by atoms with E-state index < -0.39 is 0 Å². The van der Waals surface area contributed by atoms with E-state index in [9.17, 15) is 0 Å². The van der Waals surface area contributed by atoms with Crippen LogP contribution in [0.2, 0.25) is 0 Å². The number of pyridine rings is 4. The van der Waals surface area contributed by atoms with Crippen LogP contribution in [0.3, 0.4) is 0 Å². The minimum absolute atomic E-state index is 0.102. The molecule has 0 spiro atoms. The molecular formula is C85H111N11. The molecule has 0 amide bonds. The van der Waals surface area contributed by atoms with Crippen molar-refractivity contribution in [3.05, 3.63) is 229 Å². The summed E-state index contributed by atoms with van der Waals surface area (Å²) in [5.41, 5.74) is 20.3.